The van der Waals surface area contributed by atoms with Gasteiger partial charge in [0.25, 0.3) is 0 Å². The Morgan fingerprint density at radius 3 is 2.50 bits per heavy atom. The van der Waals surface area contributed by atoms with E-state index in [9.17, 15) is 4.79 Å². The Labute approximate surface area is 75.3 Å². The highest BCUT2D eigenvalue weighted by Crippen LogP contribution is 2.06. The van der Waals surface area contributed by atoms with Crippen molar-refractivity contribution >= 4 is 5.97 Å². The largest absolute Gasteiger partial charge is 0.469 e. The summed E-state index contributed by atoms with van der Waals surface area (Å²) in [6.07, 6.45) is 8.66. The molecule has 12 heavy (non-hydrogen) atoms. The Bertz CT molecular complexity index is 110. The molecule has 2 nitrogen and oxygen atoms in total. The van der Waals surface area contributed by atoms with Crippen LogP contribution in [0.5, 0.6) is 0 Å². The number of hydrogen-bond acceptors (Lipinski definition) is 2. The molecular formula is C10H19O2. The van der Waals surface area contributed by atoms with Crippen LogP contribution >= 0.6 is 0 Å². The number of carbonyl (C=O) groups excluding carboxylic acids is 1. The van der Waals surface area contributed by atoms with Gasteiger partial charge >= 0.3 is 5.97 Å². The third-order valence-electron chi connectivity index (χ3n) is 1.82. The lowest BCUT2D eigenvalue weighted by Crippen LogP contribution is -2.00. The number of unbranched alkanes of at least 4 members (excludes halogenated alkanes) is 5. The van der Waals surface area contributed by atoms with E-state index >= 15 is 0 Å². The van der Waals surface area contributed by atoms with Crippen LogP contribution in [0.15, 0.2) is 0 Å². The van der Waals surface area contributed by atoms with Gasteiger partial charge in [-0.15, -0.1) is 0 Å². The second kappa shape index (κ2) is 8.57. The second-order valence-corrected chi connectivity index (χ2v) is 2.93. The summed E-state index contributed by atoms with van der Waals surface area (Å²) in [7, 11) is 1.41. The molecule has 0 aromatic heterocycles. The first-order valence-corrected chi connectivity index (χ1v) is 4.72. The molecule has 0 amide bonds. The molecule has 0 aliphatic heterocycles. The molecule has 0 aromatic rings. The zero-order valence-corrected chi connectivity index (χ0v) is 8.14. The van der Waals surface area contributed by atoms with E-state index in [0.29, 0.717) is 0 Å². The second-order valence-electron chi connectivity index (χ2n) is 2.93. The molecule has 0 aliphatic rings. The summed E-state index contributed by atoms with van der Waals surface area (Å²) >= 11 is 0. The van der Waals surface area contributed by atoms with Gasteiger partial charge in [-0.3, -0.25) is 4.79 Å². The quantitative estimate of drug-likeness (QED) is 0.435. The van der Waals surface area contributed by atoms with Crippen molar-refractivity contribution in [3.05, 3.63) is 6.42 Å². The Balaban J connectivity index is 2.95. The van der Waals surface area contributed by atoms with Crippen molar-refractivity contribution in [2.75, 3.05) is 7.11 Å². The molecule has 0 atom stereocenters. The molecule has 0 bridgehead atoms. The minimum absolute atomic E-state index is 0.203. The van der Waals surface area contributed by atoms with Gasteiger partial charge < -0.3 is 4.74 Å². The normalized spacial score (nSPS) is 9.83. The Kier molecular flexibility index (Phi) is 8.19. The first-order valence-electron chi connectivity index (χ1n) is 4.72. The topological polar surface area (TPSA) is 26.3 Å². The fraction of sp³-hybridized carbons (Fsp3) is 0.800. The minimum Gasteiger partial charge on any atom is -0.469 e. The lowest BCUT2D eigenvalue weighted by Gasteiger charge is -1.99. The highest BCUT2D eigenvalue weighted by molar-refractivity contribution is 5.78. The van der Waals surface area contributed by atoms with Crippen molar-refractivity contribution in [1.82, 2.24) is 0 Å². The average molecular weight is 171 g/mol. The average Bonchev–Trinajstić information content (AvgIpc) is 2.10. The van der Waals surface area contributed by atoms with Crippen molar-refractivity contribution < 1.29 is 9.53 Å². The van der Waals surface area contributed by atoms with Gasteiger partial charge in [0.15, 0.2) is 0 Å². The van der Waals surface area contributed by atoms with Crippen molar-refractivity contribution in [2.24, 2.45) is 0 Å². The summed E-state index contributed by atoms with van der Waals surface area (Å²) in [5.41, 5.74) is 0. The van der Waals surface area contributed by atoms with Gasteiger partial charge in [-0.25, -0.2) is 0 Å². The van der Waals surface area contributed by atoms with Crippen LogP contribution in [0.3, 0.4) is 0 Å². The standard InChI is InChI=1S/C10H19O2/c1-3-4-5-6-7-8-9-10(11)12-2/h9H,3-8H2,1-2H3. The van der Waals surface area contributed by atoms with Crippen LogP contribution in [-0.2, 0) is 9.53 Å². The van der Waals surface area contributed by atoms with Crippen LogP contribution in [-0.4, -0.2) is 13.1 Å². The molecule has 1 radical (unpaired) electrons. The van der Waals surface area contributed by atoms with Crippen molar-refractivity contribution in [3.63, 3.8) is 0 Å². The maximum absolute atomic E-state index is 10.6. The third kappa shape index (κ3) is 7.58. The molecule has 0 heterocycles. The molecular weight excluding hydrogens is 152 g/mol. The van der Waals surface area contributed by atoms with Gasteiger partial charge in [-0.05, 0) is 6.42 Å². The minimum atomic E-state index is -0.203. The van der Waals surface area contributed by atoms with Crippen LogP contribution in [0, 0.1) is 6.42 Å². The molecule has 0 aromatic carbocycles. The summed E-state index contributed by atoms with van der Waals surface area (Å²) < 4.78 is 4.48. The molecule has 2 heteroatoms. The number of hydrogen-bond donors (Lipinski definition) is 0. The van der Waals surface area contributed by atoms with Crippen molar-refractivity contribution in [2.45, 2.75) is 45.4 Å². The summed E-state index contributed by atoms with van der Waals surface area (Å²) in [6, 6.07) is 0. The van der Waals surface area contributed by atoms with E-state index in [-0.39, 0.29) is 5.97 Å². The number of ether oxygens (including phenoxy) is 1. The molecule has 0 fully saturated rings. The fourth-order valence-electron chi connectivity index (χ4n) is 1.05. The Morgan fingerprint density at radius 1 is 1.25 bits per heavy atom. The molecule has 0 spiro atoms. The van der Waals surface area contributed by atoms with Crippen LogP contribution < -0.4 is 0 Å². The third-order valence-corrected chi connectivity index (χ3v) is 1.82. The lowest BCUT2D eigenvalue weighted by molar-refractivity contribution is -0.136. The fourth-order valence-corrected chi connectivity index (χ4v) is 1.05. The zero-order chi connectivity index (χ0) is 9.23. The molecule has 0 N–H and O–H groups in total. The van der Waals surface area contributed by atoms with E-state index in [1.165, 1.54) is 32.8 Å². The van der Waals surface area contributed by atoms with Gasteiger partial charge in [0.05, 0.1) is 13.5 Å². The predicted octanol–water partition coefficient (Wildman–Crippen LogP) is 2.72. The van der Waals surface area contributed by atoms with Crippen LogP contribution in [0.4, 0.5) is 0 Å². The molecule has 0 saturated heterocycles. The summed E-state index contributed by atoms with van der Waals surface area (Å²) in [6.45, 7) is 2.20. The van der Waals surface area contributed by atoms with E-state index in [1.807, 2.05) is 0 Å². The molecule has 0 rings (SSSR count). The van der Waals surface area contributed by atoms with E-state index in [4.69, 9.17) is 0 Å². The number of carbonyl (C=O) groups is 1. The lowest BCUT2D eigenvalue weighted by atomic mass is 10.1. The van der Waals surface area contributed by atoms with Crippen molar-refractivity contribution in [1.29, 1.82) is 0 Å². The molecule has 0 saturated carbocycles. The number of rotatable bonds is 7. The highest BCUT2D eigenvalue weighted by atomic mass is 16.5. The molecule has 0 unspecified atom stereocenters. The zero-order valence-electron chi connectivity index (χ0n) is 8.14. The Morgan fingerprint density at radius 2 is 1.92 bits per heavy atom. The predicted molar refractivity (Wildman–Crippen MR) is 49.7 cm³/mol. The first kappa shape index (κ1) is 11.5. The monoisotopic (exact) mass is 171 g/mol. The Hall–Kier alpha value is -0.530. The van der Waals surface area contributed by atoms with Gasteiger partial charge in [0, 0.05) is 0 Å². The SMILES string of the molecule is CCCCCCC[CH]C(=O)OC. The summed E-state index contributed by atoms with van der Waals surface area (Å²) in [5, 5.41) is 0. The van der Waals surface area contributed by atoms with Crippen LogP contribution in [0.25, 0.3) is 0 Å². The summed E-state index contributed by atoms with van der Waals surface area (Å²) in [4.78, 5) is 10.6. The smallest absolute Gasteiger partial charge is 0.309 e. The first-order chi connectivity index (χ1) is 5.81. The number of esters is 1. The van der Waals surface area contributed by atoms with Gasteiger partial charge in [0.2, 0.25) is 0 Å². The maximum atomic E-state index is 10.6. The number of methoxy groups -OCH3 is 1. The maximum Gasteiger partial charge on any atom is 0.309 e. The van der Waals surface area contributed by atoms with Crippen LogP contribution in [0.1, 0.15) is 45.4 Å². The van der Waals surface area contributed by atoms with E-state index in [1.54, 1.807) is 6.42 Å². The highest BCUT2D eigenvalue weighted by Gasteiger charge is 1.98. The summed E-state index contributed by atoms with van der Waals surface area (Å²) in [5.74, 6) is -0.203. The van der Waals surface area contributed by atoms with Gasteiger partial charge in [-0.2, -0.15) is 0 Å². The van der Waals surface area contributed by atoms with Crippen molar-refractivity contribution in [3.8, 4) is 0 Å². The van der Waals surface area contributed by atoms with E-state index < -0.39 is 0 Å². The van der Waals surface area contributed by atoms with Crippen LogP contribution in [0.2, 0.25) is 0 Å². The van der Waals surface area contributed by atoms with Gasteiger partial charge in [0.1, 0.15) is 0 Å². The van der Waals surface area contributed by atoms with E-state index in [2.05, 4.69) is 11.7 Å². The molecule has 71 valence electrons. The van der Waals surface area contributed by atoms with Gasteiger partial charge in [-0.1, -0.05) is 39.0 Å². The molecule has 0 aliphatic carbocycles. The van der Waals surface area contributed by atoms with E-state index in [0.717, 1.165) is 12.8 Å².